The highest BCUT2D eigenvalue weighted by Crippen LogP contribution is 2.33. The second-order valence-corrected chi connectivity index (χ2v) is 16.0. The third-order valence-electron chi connectivity index (χ3n) is 1.21. The summed E-state index contributed by atoms with van der Waals surface area (Å²) in [5.74, 6) is -0.575. The zero-order valence-electron chi connectivity index (χ0n) is 7.50. The predicted molar refractivity (Wildman–Crippen MR) is 85.0 cm³/mol. The van der Waals surface area contributed by atoms with Crippen molar-refractivity contribution in [3.63, 3.8) is 0 Å². The van der Waals surface area contributed by atoms with E-state index in [9.17, 15) is 9.59 Å². The molecule has 0 unspecified atom stereocenters. The molecule has 16 heavy (non-hydrogen) atoms. The summed E-state index contributed by atoms with van der Waals surface area (Å²) in [5.41, 5.74) is 0. The first-order valence-corrected chi connectivity index (χ1v) is 8.51. The lowest BCUT2D eigenvalue weighted by atomic mass is 10.5. The maximum Gasteiger partial charge on any atom is 0.258 e. The number of carbonyl (C=O) groups is 2. The number of nitrogens with one attached hydrogen (secondary N) is 2. The lowest BCUT2D eigenvalue weighted by molar-refractivity contribution is -0.121. The van der Waals surface area contributed by atoms with Gasteiger partial charge in [0.25, 0.3) is 11.8 Å². The van der Waals surface area contributed by atoms with Crippen molar-refractivity contribution in [3.8, 4) is 0 Å². The molecule has 0 aliphatic rings. The van der Waals surface area contributed by atoms with Crippen molar-refractivity contribution >= 4 is 107 Å². The van der Waals surface area contributed by atoms with Crippen LogP contribution in [0.5, 0.6) is 0 Å². The summed E-state index contributed by atoms with van der Waals surface area (Å²) >= 11 is 18.4. The Kier molecular flexibility index (Phi) is 8.26. The summed E-state index contributed by atoms with van der Waals surface area (Å²) in [4.78, 5) is 22.6. The number of rotatable bonds is 3. The summed E-state index contributed by atoms with van der Waals surface area (Å²) in [6, 6.07) is 0. The molecule has 0 atom stereocenters. The molecular weight excluding hydrogens is 612 g/mol. The fraction of sp³-hybridized carbons (Fsp3) is 0.667. The topological polar surface area (TPSA) is 58.2 Å². The molecule has 0 heterocycles. The van der Waals surface area contributed by atoms with Crippen molar-refractivity contribution in [3.05, 3.63) is 0 Å². The zero-order valence-corrected chi connectivity index (χ0v) is 17.0. The molecule has 0 radical (unpaired) electrons. The third-order valence-corrected chi connectivity index (χ3v) is 3.37. The molecule has 0 spiro atoms. The molecule has 0 aromatic rings. The number of halogens is 6. The third kappa shape index (κ3) is 8.02. The maximum atomic E-state index is 11.3. The monoisotopic (exact) mass is 612 g/mol. The van der Waals surface area contributed by atoms with E-state index < -0.39 is 4.29 Å². The average Bonchev–Trinajstić information content (AvgIpc) is 2.08. The highest BCUT2D eigenvalue weighted by molar-refractivity contribution is 9.40. The minimum atomic E-state index is -0.971. The molecule has 0 bridgehead atoms. The first-order valence-electron chi connectivity index (χ1n) is 3.75. The Labute approximate surface area is 143 Å². The molecule has 0 aliphatic carbocycles. The Morgan fingerprint density at radius 3 is 1.19 bits per heavy atom. The van der Waals surface area contributed by atoms with E-state index in [4.69, 9.17) is 0 Å². The molecule has 94 valence electrons. The number of carbonyl (C=O) groups excluding carboxylic acids is 2. The molecule has 10 heteroatoms. The van der Waals surface area contributed by atoms with Crippen LogP contribution in [0, 0.1) is 0 Å². The van der Waals surface area contributed by atoms with Crippen LogP contribution in [0.1, 0.15) is 0 Å². The lowest BCUT2D eigenvalue weighted by Crippen LogP contribution is -2.41. The molecule has 0 aromatic heterocycles. The van der Waals surface area contributed by atoms with Crippen molar-refractivity contribution in [2.45, 2.75) is 4.29 Å². The smallest absolute Gasteiger partial charge is 0.258 e. The minimum absolute atomic E-state index is 0.287. The average molecular weight is 618 g/mol. The molecule has 0 fully saturated rings. The van der Waals surface area contributed by atoms with Gasteiger partial charge >= 0.3 is 0 Å². The predicted octanol–water partition coefficient (Wildman–Crippen LogP) is 2.90. The fourth-order valence-electron chi connectivity index (χ4n) is 0.553. The van der Waals surface area contributed by atoms with Gasteiger partial charge < -0.3 is 10.6 Å². The Morgan fingerprint density at radius 2 is 1.00 bits per heavy atom. The van der Waals surface area contributed by atoms with Crippen molar-refractivity contribution in [1.29, 1.82) is 0 Å². The zero-order chi connectivity index (χ0) is 13.0. The van der Waals surface area contributed by atoms with E-state index in [1.54, 1.807) is 0 Å². The van der Waals surface area contributed by atoms with Gasteiger partial charge in [-0.15, -0.1) is 0 Å². The van der Waals surface area contributed by atoms with Crippen LogP contribution in [0.4, 0.5) is 0 Å². The van der Waals surface area contributed by atoms with Crippen molar-refractivity contribution in [2.75, 3.05) is 13.1 Å². The Balaban J connectivity index is 3.79. The SMILES string of the molecule is O=C(NCCNC(=O)C(Br)(Br)Br)C(Br)(Br)Br. The highest BCUT2D eigenvalue weighted by Gasteiger charge is 2.29. The summed E-state index contributed by atoms with van der Waals surface area (Å²) in [5, 5.41) is 5.18. The molecule has 0 aliphatic heterocycles. The highest BCUT2D eigenvalue weighted by atomic mass is 80.0. The second kappa shape index (κ2) is 7.42. The Morgan fingerprint density at radius 1 is 0.750 bits per heavy atom. The number of hydrogen-bond acceptors (Lipinski definition) is 2. The summed E-state index contributed by atoms with van der Waals surface area (Å²) in [6.45, 7) is 0.635. The van der Waals surface area contributed by atoms with Gasteiger partial charge in [0.05, 0.1) is 0 Å². The van der Waals surface area contributed by atoms with E-state index in [0.717, 1.165) is 0 Å². The van der Waals surface area contributed by atoms with Gasteiger partial charge in [0, 0.05) is 13.1 Å². The largest absolute Gasteiger partial charge is 0.352 e. The summed E-state index contributed by atoms with van der Waals surface area (Å²) in [6.07, 6.45) is 0. The summed E-state index contributed by atoms with van der Waals surface area (Å²) in [7, 11) is 0. The number of alkyl halides is 6. The molecule has 0 saturated heterocycles. The first-order chi connectivity index (χ1) is 7.05. The van der Waals surface area contributed by atoms with Crippen LogP contribution in [-0.2, 0) is 9.59 Å². The lowest BCUT2D eigenvalue weighted by Gasteiger charge is -2.14. The molecule has 0 rings (SSSR count). The minimum Gasteiger partial charge on any atom is -0.352 e. The van der Waals surface area contributed by atoms with Crippen molar-refractivity contribution < 1.29 is 9.59 Å². The Hall–Kier alpha value is 1.82. The Bertz CT molecular complexity index is 243. The van der Waals surface area contributed by atoms with Crippen molar-refractivity contribution in [2.24, 2.45) is 0 Å². The van der Waals surface area contributed by atoms with Crippen LogP contribution >= 0.6 is 95.6 Å². The quantitative estimate of drug-likeness (QED) is 0.378. The van der Waals surface area contributed by atoms with Crippen LogP contribution in [0.3, 0.4) is 0 Å². The van der Waals surface area contributed by atoms with Gasteiger partial charge in [0.2, 0.25) is 4.29 Å². The first kappa shape index (κ1) is 17.8. The van der Waals surface area contributed by atoms with E-state index >= 15 is 0 Å². The number of amides is 2. The van der Waals surface area contributed by atoms with Gasteiger partial charge in [0.1, 0.15) is 0 Å². The summed E-state index contributed by atoms with van der Waals surface area (Å²) < 4.78 is -1.94. The van der Waals surface area contributed by atoms with E-state index in [1.807, 2.05) is 0 Å². The molecule has 4 nitrogen and oxygen atoms in total. The van der Waals surface area contributed by atoms with E-state index in [0.29, 0.717) is 13.1 Å². The van der Waals surface area contributed by atoms with Gasteiger partial charge in [0.15, 0.2) is 0 Å². The molecule has 2 N–H and O–H groups in total. The molecule has 2 amide bonds. The van der Waals surface area contributed by atoms with Gasteiger partial charge in [-0.3, -0.25) is 9.59 Å². The van der Waals surface area contributed by atoms with Gasteiger partial charge in [-0.25, -0.2) is 0 Å². The normalized spacial score (nSPS) is 12.1. The molecular formula is C6H6Br6N2O2. The van der Waals surface area contributed by atoms with Gasteiger partial charge in [-0.2, -0.15) is 0 Å². The van der Waals surface area contributed by atoms with E-state index in [2.05, 4.69) is 106 Å². The van der Waals surface area contributed by atoms with Crippen molar-refractivity contribution in [1.82, 2.24) is 10.6 Å². The van der Waals surface area contributed by atoms with Crippen LogP contribution in [0.15, 0.2) is 0 Å². The van der Waals surface area contributed by atoms with Crippen LogP contribution in [-0.4, -0.2) is 29.2 Å². The second-order valence-electron chi connectivity index (χ2n) is 2.51. The van der Waals surface area contributed by atoms with Gasteiger partial charge in [-0.1, -0.05) is 0 Å². The number of hydrogen-bond donors (Lipinski definition) is 2. The van der Waals surface area contributed by atoms with E-state index in [-0.39, 0.29) is 11.8 Å². The van der Waals surface area contributed by atoms with E-state index in [1.165, 1.54) is 0 Å². The standard InChI is InChI=1S/C6H6Br6N2O2/c7-5(8,9)3(15)13-1-2-14-4(16)6(10,11)12/h1-2H2,(H,13,15)(H,14,16). The van der Waals surface area contributed by atoms with Crippen LogP contribution < -0.4 is 10.6 Å². The van der Waals surface area contributed by atoms with Crippen LogP contribution in [0.2, 0.25) is 0 Å². The maximum absolute atomic E-state index is 11.3. The molecule has 0 saturated carbocycles. The van der Waals surface area contributed by atoms with Gasteiger partial charge in [-0.05, 0) is 95.6 Å². The molecule has 0 aromatic carbocycles. The van der Waals surface area contributed by atoms with Crippen LogP contribution in [0.25, 0.3) is 0 Å². The fourth-order valence-corrected chi connectivity index (χ4v) is 1.39.